The Morgan fingerprint density at radius 1 is 1.18 bits per heavy atom. The molecule has 7 nitrogen and oxygen atoms in total. The number of ether oxygens (including phenoxy) is 1. The van der Waals surface area contributed by atoms with Gasteiger partial charge in [0, 0.05) is 37.4 Å². The monoisotopic (exact) mass is 518 g/mol. The number of anilines is 1. The number of fused-ring (bicyclic) bond motifs is 1. The molecule has 1 aliphatic carbocycles. The normalized spacial score (nSPS) is 12.9. The number of thiophene rings is 1. The summed E-state index contributed by atoms with van der Waals surface area (Å²) in [5.74, 6) is -0.961. The minimum Gasteiger partial charge on any atom is -0.423 e. The fourth-order valence-corrected chi connectivity index (χ4v) is 5.35. The standard InChI is InChI=1S/C24H20Cl2N2O5S/c1-12(30)28(16-7-8-16)10-14-3-5-15(6-4-14)23(32)27-24-18(11-29)17-9-19(25)21(33-13(2)31)20(26)22(17)34-24/h3-6,9,11,16H,7-8,10H2,1-2H3,(H,27,32). The smallest absolute Gasteiger partial charge is 0.308 e. The fourth-order valence-electron chi connectivity index (χ4n) is 3.63. The Morgan fingerprint density at radius 3 is 2.41 bits per heavy atom. The first-order valence-electron chi connectivity index (χ1n) is 10.4. The van der Waals surface area contributed by atoms with Gasteiger partial charge in [-0.2, -0.15) is 0 Å². The van der Waals surface area contributed by atoms with Gasteiger partial charge >= 0.3 is 5.97 Å². The molecule has 0 spiro atoms. The van der Waals surface area contributed by atoms with Crippen molar-refractivity contribution in [2.45, 2.75) is 39.3 Å². The summed E-state index contributed by atoms with van der Waals surface area (Å²) in [6, 6.07) is 8.74. The molecule has 4 rings (SSSR count). The highest BCUT2D eigenvalue weighted by Crippen LogP contribution is 2.46. The predicted molar refractivity (Wildman–Crippen MR) is 132 cm³/mol. The third kappa shape index (κ3) is 4.94. The number of hydrogen-bond acceptors (Lipinski definition) is 6. The summed E-state index contributed by atoms with van der Waals surface area (Å²) in [6.07, 6.45) is 2.65. The van der Waals surface area contributed by atoms with Gasteiger partial charge < -0.3 is 15.0 Å². The first-order chi connectivity index (χ1) is 16.2. The topological polar surface area (TPSA) is 92.8 Å². The van der Waals surface area contributed by atoms with Crippen LogP contribution in [0.5, 0.6) is 5.75 Å². The van der Waals surface area contributed by atoms with E-state index in [1.54, 1.807) is 31.2 Å². The highest BCUT2D eigenvalue weighted by Gasteiger charge is 2.30. The molecular formula is C24H20Cl2N2O5S. The molecule has 3 aromatic rings. The first-order valence-corrected chi connectivity index (χ1v) is 12.0. The lowest BCUT2D eigenvalue weighted by molar-refractivity contribution is -0.132. The summed E-state index contributed by atoms with van der Waals surface area (Å²) in [5.41, 5.74) is 1.54. The van der Waals surface area contributed by atoms with E-state index in [1.807, 2.05) is 4.90 Å². The Kier molecular flexibility index (Phi) is 6.93. The molecule has 176 valence electrons. The van der Waals surface area contributed by atoms with Crippen LogP contribution < -0.4 is 10.1 Å². The molecule has 0 bridgehead atoms. The van der Waals surface area contributed by atoms with Crippen molar-refractivity contribution in [2.24, 2.45) is 0 Å². The first kappa shape index (κ1) is 24.2. The molecule has 0 radical (unpaired) electrons. The molecule has 2 aromatic carbocycles. The highest BCUT2D eigenvalue weighted by atomic mass is 35.5. The van der Waals surface area contributed by atoms with Crippen LogP contribution in [-0.2, 0) is 16.1 Å². The molecule has 0 unspecified atom stereocenters. The van der Waals surface area contributed by atoms with Gasteiger partial charge in [-0.3, -0.25) is 19.2 Å². The van der Waals surface area contributed by atoms with Gasteiger partial charge in [-0.1, -0.05) is 35.3 Å². The molecule has 34 heavy (non-hydrogen) atoms. The summed E-state index contributed by atoms with van der Waals surface area (Å²) in [7, 11) is 0. The molecule has 1 aliphatic rings. The van der Waals surface area contributed by atoms with Crippen LogP contribution in [-0.4, -0.2) is 35.0 Å². The summed E-state index contributed by atoms with van der Waals surface area (Å²) in [4.78, 5) is 49.7. The third-order valence-corrected chi connectivity index (χ3v) is 7.33. The lowest BCUT2D eigenvalue weighted by atomic mass is 10.1. The molecule has 2 amide bonds. The van der Waals surface area contributed by atoms with E-state index < -0.39 is 11.9 Å². The van der Waals surface area contributed by atoms with E-state index in [-0.39, 0.29) is 27.3 Å². The molecule has 1 fully saturated rings. The molecule has 0 saturated heterocycles. The highest BCUT2D eigenvalue weighted by molar-refractivity contribution is 7.24. The number of aldehydes is 1. The Labute approximate surface area is 209 Å². The Balaban J connectivity index is 1.57. The van der Waals surface area contributed by atoms with Crippen molar-refractivity contribution >= 4 is 73.7 Å². The van der Waals surface area contributed by atoms with E-state index in [0.717, 1.165) is 29.7 Å². The Hall–Kier alpha value is -2.94. The van der Waals surface area contributed by atoms with Gasteiger partial charge in [-0.15, -0.1) is 11.3 Å². The zero-order valence-electron chi connectivity index (χ0n) is 18.3. The number of carbonyl (C=O) groups excluding carboxylic acids is 4. The summed E-state index contributed by atoms with van der Waals surface area (Å²) in [6.45, 7) is 3.28. The maximum absolute atomic E-state index is 12.9. The molecule has 10 heteroatoms. The number of nitrogens with one attached hydrogen (secondary N) is 1. The van der Waals surface area contributed by atoms with Crippen LogP contribution in [0.1, 0.15) is 53.0 Å². The van der Waals surface area contributed by atoms with Crippen molar-refractivity contribution in [2.75, 3.05) is 5.32 Å². The SMILES string of the molecule is CC(=O)Oc1c(Cl)cc2c(C=O)c(NC(=O)c3ccc(CN(C(C)=O)C4CC4)cc3)sc2c1Cl. The molecule has 1 saturated carbocycles. The number of rotatable bonds is 7. The van der Waals surface area contributed by atoms with Crippen molar-refractivity contribution in [1.82, 2.24) is 4.90 Å². The molecule has 1 N–H and O–H groups in total. The zero-order valence-corrected chi connectivity index (χ0v) is 20.6. The maximum atomic E-state index is 12.9. The van der Waals surface area contributed by atoms with Crippen molar-refractivity contribution in [3.63, 3.8) is 0 Å². The van der Waals surface area contributed by atoms with E-state index in [9.17, 15) is 19.2 Å². The van der Waals surface area contributed by atoms with Gasteiger partial charge in [0.25, 0.3) is 5.91 Å². The van der Waals surface area contributed by atoms with E-state index in [0.29, 0.717) is 39.5 Å². The van der Waals surface area contributed by atoms with Crippen LogP contribution in [0.15, 0.2) is 30.3 Å². The number of hydrogen-bond donors (Lipinski definition) is 1. The number of benzene rings is 2. The van der Waals surface area contributed by atoms with Crippen LogP contribution in [0, 0.1) is 0 Å². The minimum atomic E-state index is -0.587. The number of carbonyl (C=O) groups is 4. The van der Waals surface area contributed by atoms with Crippen LogP contribution in [0.25, 0.3) is 10.1 Å². The third-order valence-electron chi connectivity index (χ3n) is 5.42. The minimum absolute atomic E-state index is 0.00120. The zero-order chi connectivity index (χ0) is 24.6. The number of halogens is 2. The summed E-state index contributed by atoms with van der Waals surface area (Å²) < 4.78 is 5.55. The molecular weight excluding hydrogens is 499 g/mol. The lowest BCUT2D eigenvalue weighted by Crippen LogP contribution is -2.30. The molecule has 1 heterocycles. The van der Waals surface area contributed by atoms with Gasteiger partial charge in [-0.25, -0.2) is 0 Å². The van der Waals surface area contributed by atoms with Crippen molar-refractivity contribution in [1.29, 1.82) is 0 Å². The van der Waals surface area contributed by atoms with Gasteiger partial charge in [0.15, 0.2) is 12.0 Å². The Morgan fingerprint density at radius 2 is 1.85 bits per heavy atom. The largest absolute Gasteiger partial charge is 0.423 e. The summed E-state index contributed by atoms with van der Waals surface area (Å²) in [5, 5.41) is 3.66. The van der Waals surface area contributed by atoms with E-state index >= 15 is 0 Å². The number of amides is 2. The second-order valence-corrected chi connectivity index (χ2v) is 9.77. The van der Waals surface area contributed by atoms with Crippen molar-refractivity contribution in [3.05, 3.63) is 57.1 Å². The van der Waals surface area contributed by atoms with Gasteiger partial charge in [-0.05, 0) is 36.6 Å². The van der Waals surface area contributed by atoms with Crippen LogP contribution in [0.2, 0.25) is 10.0 Å². The van der Waals surface area contributed by atoms with Crippen molar-refractivity contribution < 1.29 is 23.9 Å². The van der Waals surface area contributed by atoms with E-state index in [1.165, 1.54) is 13.0 Å². The Bertz CT molecular complexity index is 1320. The average molecular weight is 519 g/mol. The van der Waals surface area contributed by atoms with Gasteiger partial charge in [0.2, 0.25) is 5.91 Å². The molecule has 1 aromatic heterocycles. The van der Waals surface area contributed by atoms with Gasteiger partial charge in [0.1, 0.15) is 10.0 Å². The second kappa shape index (κ2) is 9.74. The van der Waals surface area contributed by atoms with Gasteiger partial charge in [0.05, 0.1) is 15.3 Å². The van der Waals surface area contributed by atoms with Crippen molar-refractivity contribution in [3.8, 4) is 5.75 Å². The number of nitrogens with zero attached hydrogens (tertiary/aromatic N) is 1. The van der Waals surface area contributed by atoms with Crippen LogP contribution >= 0.6 is 34.5 Å². The average Bonchev–Trinajstić information content (AvgIpc) is 3.57. The number of esters is 1. The summed E-state index contributed by atoms with van der Waals surface area (Å²) >= 11 is 13.7. The van der Waals surface area contributed by atoms with E-state index in [2.05, 4.69) is 5.32 Å². The maximum Gasteiger partial charge on any atom is 0.308 e. The van der Waals surface area contributed by atoms with Crippen LogP contribution in [0.3, 0.4) is 0 Å². The quantitative estimate of drug-likeness (QED) is 0.245. The molecule has 0 atom stereocenters. The molecule has 0 aliphatic heterocycles. The fraction of sp³-hybridized carbons (Fsp3) is 0.250. The predicted octanol–water partition coefficient (Wildman–Crippen LogP) is 5.71. The second-order valence-electron chi connectivity index (χ2n) is 7.96. The lowest BCUT2D eigenvalue weighted by Gasteiger charge is -2.20. The van der Waals surface area contributed by atoms with Crippen LogP contribution in [0.4, 0.5) is 5.00 Å². The van der Waals surface area contributed by atoms with E-state index in [4.69, 9.17) is 27.9 Å².